The van der Waals surface area contributed by atoms with Crippen molar-refractivity contribution in [2.45, 2.75) is 11.8 Å². The van der Waals surface area contributed by atoms with Gasteiger partial charge in [-0.2, -0.15) is 13.5 Å². The minimum Gasteiger partial charge on any atom is -0.266 e. The smallest absolute Gasteiger partial charge is 0.266 e. The molecule has 116 valence electrons. The summed E-state index contributed by atoms with van der Waals surface area (Å²) in [5.74, 6) is 0. The van der Waals surface area contributed by atoms with E-state index in [4.69, 9.17) is 0 Å². The second-order valence-corrected chi connectivity index (χ2v) is 6.84. The van der Waals surface area contributed by atoms with Gasteiger partial charge in [0.25, 0.3) is 15.6 Å². The van der Waals surface area contributed by atoms with E-state index in [2.05, 4.69) is 5.10 Å². The molecule has 3 rings (SSSR count). The first-order valence-corrected chi connectivity index (χ1v) is 8.40. The highest BCUT2D eigenvalue weighted by Crippen LogP contribution is 2.16. The van der Waals surface area contributed by atoms with Crippen LogP contribution in [0.5, 0.6) is 0 Å². The van der Waals surface area contributed by atoms with Gasteiger partial charge >= 0.3 is 0 Å². The van der Waals surface area contributed by atoms with Gasteiger partial charge in [0.05, 0.1) is 10.5 Å². The zero-order valence-corrected chi connectivity index (χ0v) is 13.2. The van der Waals surface area contributed by atoms with Crippen molar-refractivity contribution < 1.29 is 8.42 Å². The molecular weight excluding hydrogens is 312 g/mol. The fraction of sp³-hybridized carbons (Fsp3) is 0.0588. The topological polar surface area (TPSA) is 69.0 Å². The summed E-state index contributed by atoms with van der Waals surface area (Å²) in [6.45, 7) is 1.86. The summed E-state index contributed by atoms with van der Waals surface area (Å²) in [5, 5.41) is 3.75. The highest BCUT2D eigenvalue weighted by atomic mass is 32.2. The van der Waals surface area contributed by atoms with Crippen LogP contribution in [0.25, 0.3) is 11.1 Å². The Balaban J connectivity index is 2.18. The minimum absolute atomic E-state index is 0.0305. The largest absolute Gasteiger partial charge is 0.289 e. The van der Waals surface area contributed by atoms with Gasteiger partial charge < -0.3 is 0 Å². The molecule has 0 saturated carbocycles. The monoisotopic (exact) mass is 326 g/mol. The third-order valence-corrected chi connectivity index (χ3v) is 5.03. The van der Waals surface area contributed by atoms with Gasteiger partial charge in [0.15, 0.2) is 0 Å². The molecule has 0 saturated heterocycles. The number of nitrogens with zero attached hydrogens (tertiary/aromatic N) is 2. The van der Waals surface area contributed by atoms with Gasteiger partial charge in [-0.05, 0) is 30.7 Å². The van der Waals surface area contributed by atoms with E-state index in [1.807, 2.05) is 13.0 Å². The van der Waals surface area contributed by atoms with E-state index in [1.165, 1.54) is 24.4 Å². The SMILES string of the molecule is Cc1ccc(S(=O)(=O)n2nccc(-c3ccccc3)c2=O)cc1. The van der Waals surface area contributed by atoms with Crippen LogP contribution in [0.15, 0.2) is 76.6 Å². The lowest BCUT2D eigenvalue weighted by Gasteiger charge is -2.08. The van der Waals surface area contributed by atoms with Gasteiger partial charge in [-0.15, -0.1) is 4.09 Å². The van der Waals surface area contributed by atoms with Crippen molar-refractivity contribution in [2.24, 2.45) is 0 Å². The van der Waals surface area contributed by atoms with Crippen molar-refractivity contribution in [2.75, 3.05) is 0 Å². The first-order chi connectivity index (χ1) is 11.0. The molecule has 0 amide bonds. The number of aryl methyl sites for hydroxylation is 1. The minimum atomic E-state index is -4.02. The summed E-state index contributed by atoms with van der Waals surface area (Å²) >= 11 is 0. The summed E-state index contributed by atoms with van der Waals surface area (Å²) in [7, 11) is -4.02. The summed E-state index contributed by atoms with van der Waals surface area (Å²) < 4.78 is 25.8. The van der Waals surface area contributed by atoms with E-state index in [-0.39, 0.29) is 10.5 Å². The normalized spacial score (nSPS) is 11.3. The van der Waals surface area contributed by atoms with Crippen LogP contribution in [0.1, 0.15) is 5.56 Å². The summed E-state index contributed by atoms with van der Waals surface area (Å²) in [6.07, 6.45) is 1.31. The first kappa shape index (κ1) is 15.2. The van der Waals surface area contributed by atoms with Crippen LogP contribution in [0.3, 0.4) is 0 Å². The van der Waals surface area contributed by atoms with Gasteiger partial charge in [-0.3, -0.25) is 4.79 Å². The van der Waals surface area contributed by atoms with Crippen LogP contribution in [0.2, 0.25) is 0 Å². The molecule has 1 heterocycles. The lowest BCUT2D eigenvalue weighted by Crippen LogP contribution is -2.30. The van der Waals surface area contributed by atoms with Gasteiger partial charge in [-0.25, -0.2) is 0 Å². The molecule has 6 heteroatoms. The highest BCUT2D eigenvalue weighted by Gasteiger charge is 2.21. The molecule has 23 heavy (non-hydrogen) atoms. The predicted octanol–water partition coefficient (Wildman–Crippen LogP) is 2.46. The maximum Gasteiger partial charge on any atom is 0.289 e. The summed E-state index contributed by atoms with van der Waals surface area (Å²) in [6, 6.07) is 16.7. The molecule has 0 N–H and O–H groups in total. The maximum atomic E-state index is 12.6. The molecule has 1 aromatic heterocycles. The van der Waals surface area contributed by atoms with E-state index in [0.29, 0.717) is 9.65 Å². The number of rotatable bonds is 3. The van der Waals surface area contributed by atoms with Crippen molar-refractivity contribution >= 4 is 10.0 Å². The van der Waals surface area contributed by atoms with Crippen LogP contribution in [-0.4, -0.2) is 17.6 Å². The predicted molar refractivity (Wildman–Crippen MR) is 87.7 cm³/mol. The standard InChI is InChI=1S/C17H14N2O3S/c1-13-7-9-15(10-8-13)23(21,22)19-17(20)16(11-12-18-19)14-5-3-2-4-6-14/h2-12H,1H3. The average Bonchev–Trinajstić information content (AvgIpc) is 2.56. The zero-order valence-electron chi connectivity index (χ0n) is 12.4. The van der Waals surface area contributed by atoms with Gasteiger partial charge in [0.2, 0.25) is 0 Å². The Morgan fingerprint density at radius 1 is 0.913 bits per heavy atom. The fourth-order valence-electron chi connectivity index (χ4n) is 2.21. The molecule has 0 fully saturated rings. The molecule has 0 radical (unpaired) electrons. The number of aromatic nitrogens is 2. The lowest BCUT2D eigenvalue weighted by molar-refractivity contribution is 0.576. The van der Waals surface area contributed by atoms with Crippen molar-refractivity contribution in [3.63, 3.8) is 0 Å². The van der Waals surface area contributed by atoms with Crippen molar-refractivity contribution in [3.05, 3.63) is 82.8 Å². The van der Waals surface area contributed by atoms with E-state index >= 15 is 0 Å². The average molecular weight is 326 g/mol. The molecule has 0 aliphatic carbocycles. The molecule has 3 aromatic rings. The zero-order chi connectivity index (χ0) is 16.4. The van der Waals surface area contributed by atoms with Crippen LogP contribution in [0.4, 0.5) is 0 Å². The van der Waals surface area contributed by atoms with Gasteiger partial charge in [0.1, 0.15) is 0 Å². The Kier molecular flexibility index (Phi) is 3.83. The highest BCUT2D eigenvalue weighted by molar-refractivity contribution is 7.89. The van der Waals surface area contributed by atoms with E-state index in [9.17, 15) is 13.2 Å². The number of hydrogen-bond acceptors (Lipinski definition) is 4. The molecule has 0 bridgehead atoms. The van der Waals surface area contributed by atoms with Gasteiger partial charge in [0, 0.05) is 6.20 Å². The Bertz CT molecular complexity index is 992. The molecular formula is C17H14N2O3S. The lowest BCUT2D eigenvalue weighted by atomic mass is 10.1. The molecule has 5 nitrogen and oxygen atoms in total. The molecule has 0 unspecified atom stereocenters. The summed E-state index contributed by atoms with van der Waals surface area (Å²) in [5.41, 5.74) is 1.20. The third kappa shape index (κ3) is 2.80. The Morgan fingerprint density at radius 2 is 1.57 bits per heavy atom. The molecule has 0 aliphatic rings. The molecule has 0 aliphatic heterocycles. The number of benzene rings is 2. The van der Waals surface area contributed by atoms with Crippen molar-refractivity contribution in [3.8, 4) is 11.1 Å². The Morgan fingerprint density at radius 3 is 2.22 bits per heavy atom. The Hall–Kier alpha value is -2.73. The summed E-state index contributed by atoms with van der Waals surface area (Å²) in [4.78, 5) is 12.6. The number of hydrogen-bond donors (Lipinski definition) is 0. The first-order valence-electron chi connectivity index (χ1n) is 6.96. The van der Waals surface area contributed by atoms with E-state index < -0.39 is 15.6 Å². The quantitative estimate of drug-likeness (QED) is 0.741. The molecule has 2 aromatic carbocycles. The van der Waals surface area contributed by atoms with E-state index in [1.54, 1.807) is 36.4 Å². The van der Waals surface area contributed by atoms with E-state index in [0.717, 1.165) is 5.56 Å². The van der Waals surface area contributed by atoms with Crippen molar-refractivity contribution in [1.29, 1.82) is 0 Å². The van der Waals surface area contributed by atoms with Gasteiger partial charge in [-0.1, -0.05) is 48.0 Å². The van der Waals surface area contributed by atoms with Crippen molar-refractivity contribution in [1.82, 2.24) is 9.19 Å². The van der Waals surface area contributed by atoms with Crippen LogP contribution in [-0.2, 0) is 10.0 Å². The molecule has 0 spiro atoms. The van der Waals surface area contributed by atoms with Crippen LogP contribution >= 0.6 is 0 Å². The fourth-order valence-corrected chi connectivity index (χ4v) is 3.39. The molecule has 0 atom stereocenters. The third-order valence-electron chi connectivity index (χ3n) is 3.45. The maximum absolute atomic E-state index is 12.6. The van der Waals surface area contributed by atoms with Crippen LogP contribution < -0.4 is 5.56 Å². The Labute approximate surface area is 133 Å². The second kappa shape index (κ2) is 5.81. The second-order valence-electron chi connectivity index (χ2n) is 5.08. The van der Waals surface area contributed by atoms with Crippen LogP contribution in [0, 0.1) is 6.92 Å².